The summed E-state index contributed by atoms with van der Waals surface area (Å²) in [7, 11) is 1.39. The lowest BCUT2D eigenvalue weighted by Gasteiger charge is -2.41. The molecule has 0 aliphatic carbocycles. The van der Waals surface area contributed by atoms with Crippen molar-refractivity contribution in [2.45, 2.75) is 19.1 Å². The summed E-state index contributed by atoms with van der Waals surface area (Å²) in [5.41, 5.74) is -0.940. The molecule has 0 spiro atoms. The van der Waals surface area contributed by atoms with E-state index < -0.39 is 41.0 Å². The van der Waals surface area contributed by atoms with E-state index in [2.05, 4.69) is 5.32 Å². The zero-order chi connectivity index (χ0) is 23.6. The molecule has 0 bridgehead atoms. The SMILES string of the molecule is CNC(=O)C1CN(c2ccc(C#N)c(C(F)(F)F)c2)CCN1C(=O)c1ccc(C)c(F)c1. The lowest BCUT2D eigenvalue weighted by Crippen LogP contribution is -2.60. The van der Waals surface area contributed by atoms with E-state index in [1.54, 1.807) is 11.8 Å². The Balaban J connectivity index is 1.91. The van der Waals surface area contributed by atoms with Crippen LogP contribution in [0.3, 0.4) is 0 Å². The number of nitrogens with one attached hydrogen (secondary N) is 1. The lowest BCUT2D eigenvalue weighted by molar-refractivity contribution is -0.137. The Bertz CT molecular complexity index is 1090. The van der Waals surface area contributed by atoms with Crippen molar-refractivity contribution in [3.05, 3.63) is 64.5 Å². The molecule has 1 atom stereocenters. The van der Waals surface area contributed by atoms with Gasteiger partial charge >= 0.3 is 6.18 Å². The lowest BCUT2D eigenvalue weighted by atomic mass is 10.0. The summed E-state index contributed by atoms with van der Waals surface area (Å²) in [6, 6.07) is 7.88. The number of hydrogen-bond donors (Lipinski definition) is 1. The second kappa shape index (κ2) is 8.86. The largest absolute Gasteiger partial charge is 0.417 e. The first-order chi connectivity index (χ1) is 15.1. The molecule has 1 saturated heterocycles. The molecule has 1 N–H and O–H groups in total. The van der Waals surface area contributed by atoms with Crippen LogP contribution in [0.25, 0.3) is 0 Å². The van der Waals surface area contributed by atoms with E-state index in [0.717, 1.165) is 18.2 Å². The van der Waals surface area contributed by atoms with Crippen LogP contribution in [0.1, 0.15) is 27.0 Å². The van der Waals surface area contributed by atoms with Crippen LogP contribution in [0.2, 0.25) is 0 Å². The van der Waals surface area contributed by atoms with Gasteiger partial charge < -0.3 is 15.1 Å². The summed E-state index contributed by atoms with van der Waals surface area (Å²) in [6.45, 7) is 1.68. The summed E-state index contributed by atoms with van der Waals surface area (Å²) in [5.74, 6) is -1.60. The molecule has 1 aliphatic heterocycles. The fraction of sp³-hybridized carbons (Fsp3) is 0.318. The number of halogens is 4. The number of amides is 2. The number of nitriles is 1. The fourth-order valence-corrected chi connectivity index (χ4v) is 3.60. The van der Waals surface area contributed by atoms with Gasteiger partial charge in [-0.25, -0.2) is 4.39 Å². The maximum Gasteiger partial charge on any atom is 0.417 e. The van der Waals surface area contributed by atoms with E-state index in [9.17, 15) is 27.2 Å². The molecule has 1 fully saturated rings. The van der Waals surface area contributed by atoms with Gasteiger partial charge in [0.25, 0.3) is 5.91 Å². The molecule has 1 heterocycles. The number of nitrogens with zero attached hydrogens (tertiary/aromatic N) is 3. The number of hydrogen-bond acceptors (Lipinski definition) is 4. The highest BCUT2D eigenvalue weighted by Gasteiger charge is 2.38. The molecule has 32 heavy (non-hydrogen) atoms. The summed E-state index contributed by atoms with van der Waals surface area (Å²) < 4.78 is 54.0. The van der Waals surface area contributed by atoms with Crippen LogP contribution in [-0.4, -0.2) is 49.4 Å². The van der Waals surface area contributed by atoms with Crippen LogP contribution < -0.4 is 10.2 Å². The van der Waals surface area contributed by atoms with Crippen molar-refractivity contribution in [1.29, 1.82) is 5.26 Å². The van der Waals surface area contributed by atoms with Gasteiger partial charge in [-0.1, -0.05) is 6.07 Å². The predicted octanol–water partition coefficient (Wildman–Crippen LogP) is 3.10. The van der Waals surface area contributed by atoms with Crippen molar-refractivity contribution in [3.63, 3.8) is 0 Å². The van der Waals surface area contributed by atoms with Crippen molar-refractivity contribution < 1.29 is 27.2 Å². The monoisotopic (exact) mass is 448 g/mol. The van der Waals surface area contributed by atoms with Crippen molar-refractivity contribution in [3.8, 4) is 6.07 Å². The summed E-state index contributed by atoms with van der Waals surface area (Å²) in [6.07, 6.45) is -4.71. The molecule has 3 rings (SSSR count). The Morgan fingerprint density at radius 1 is 1.16 bits per heavy atom. The first-order valence-corrected chi connectivity index (χ1v) is 9.71. The smallest absolute Gasteiger partial charge is 0.367 e. The average molecular weight is 448 g/mol. The second-order valence-corrected chi connectivity index (χ2v) is 7.38. The van der Waals surface area contributed by atoms with Crippen LogP contribution in [0.5, 0.6) is 0 Å². The summed E-state index contributed by atoms with van der Waals surface area (Å²) in [4.78, 5) is 28.3. The molecule has 1 aliphatic rings. The topological polar surface area (TPSA) is 76.4 Å². The first-order valence-electron chi connectivity index (χ1n) is 9.71. The van der Waals surface area contributed by atoms with Crippen LogP contribution in [0, 0.1) is 24.1 Å². The van der Waals surface area contributed by atoms with Gasteiger partial charge in [-0.2, -0.15) is 18.4 Å². The van der Waals surface area contributed by atoms with E-state index in [4.69, 9.17) is 5.26 Å². The number of anilines is 1. The highest BCUT2D eigenvalue weighted by molar-refractivity contribution is 5.98. The molecule has 0 radical (unpaired) electrons. The number of carbonyl (C=O) groups excluding carboxylic acids is 2. The highest BCUT2D eigenvalue weighted by Crippen LogP contribution is 2.35. The summed E-state index contributed by atoms with van der Waals surface area (Å²) >= 11 is 0. The van der Waals surface area contributed by atoms with Crippen molar-refractivity contribution in [2.75, 3.05) is 31.6 Å². The normalized spacial score (nSPS) is 16.5. The van der Waals surface area contributed by atoms with E-state index in [0.29, 0.717) is 5.56 Å². The number of benzene rings is 2. The molecule has 2 aromatic carbocycles. The number of aryl methyl sites for hydroxylation is 1. The number of alkyl halides is 3. The minimum Gasteiger partial charge on any atom is -0.367 e. The van der Waals surface area contributed by atoms with Crippen LogP contribution in [0.4, 0.5) is 23.2 Å². The Hall–Kier alpha value is -3.61. The van der Waals surface area contributed by atoms with Crippen LogP contribution in [0.15, 0.2) is 36.4 Å². The molecule has 0 saturated carbocycles. The van der Waals surface area contributed by atoms with Gasteiger partial charge in [0.15, 0.2) is 0 Å². The van der Waals surface area contributed by atoms with E-state index in [1.165, 1.54) is 36.2 Å². The van der Waals surface area contributed by atoms with E-state index in [-0.39, 0.29) is 30.9 Å². The van der Waals surface area contributed by atoms with Gasteiger partial charge in [0.05, 0.1) is 17.2 Å². The van der Waals surface area contributed by atoms with Gasteiger partial charge in [0.1, 0.15) is 11.9 Å². The third-order valence-corrected chi connectivity index (χ3v) is 5.40. The Kier molecular flexibility index (Phi) is 6.39. The molecular formula is C22H20F4N4O2. The number of likely N-dealkylation sites (N-methyl/N-ethyl adjacent to an activating group) is 1. The third-order valence-electron chi connectivity index (χ3n) is 5.40. The Labute approximate surface area is 182 Å². The minimum absolute atomic E-state index is 0.0355. The molecule has 2 aromatic rings. The Morgan fingerprint density at radius 3 is 2.47 bits per heavy atom. The third kappa shape index (κ3) is 4.51. The maximum absolute atomic E-state index is 13.9. The number of carbonyl (C=O) groups is 2. The predicted molar refractivity (Wildman–Crippen MR) is 108 cm³/mol. The number of rotatable bonds is 3. The standard InChI is InChI=1S/C22H20F4N4O2/c1-13-3-4-14(9-18(13)23)21(32)30-8-7-29(12-19(30)20(31)28-2)16-6-5-15(11-27)17(10-16)22(24,25)26/h3-6,9-10,19H,7-8,12H2,1-2H3,(H,28,31). The van der Waals surface area contributed by atoms with Gasteiger partial charge in [-0.3, -0.25) is 9.59 Å². The van der Waals surface area contributed by atoms with Crippen molar-refractivity contribution in [1.82, 2.24) is 10.2 Å². The van der Waals surface area contributed by atoms with Gasteiger partial charge in [-0.05, 0) is 42.8 Å². The molecular weight excluding hydrogens is 428 g/mol. The molecule has 6 nitrogen and oxygen atoms in total. The van der Waals surface area contributed by atoms with Crippen LogP contribution >= 0.6 is 0 Å². The van der Waals surface area contributed by atoms with Gasteiger partial charge in [-0.15, -0.1) is 0 Å². The first kappa shape index (κ1) is 23.1. The van der Waals surface area contributed by atoms with Crippen LogP contribution in [-0.2, 0) is 11.0 Å². The minimum atomic E-state index is -4.71. The quantitative estimate of drug-likeness (QED) is 0.733. The number of piperazine rings is 1. The molecule has 0 aromatic heterocycles. The Morgan fingerprint density at radius 2 is 1.88 bits per heavy atom. The highest BCUT2D eigenvalue weighted by atomic mass is 19.4. The zero-order valence-corrected chi connectivity index (χ0v) is 17.3. The van der Waals surface area contributed by atoms with Gasteiger partial charge in [0.2, 0.25) is 5.91 Å². The second-order valence-electron chi connectivity index (χ2n) is 7.38. The molecule has 168 valence electrons. The van der Waals surface area contributed by atoms with Crippen molar-refractivity contribution in [2.24, 2.45) is 0 Å². The van der Waals surface area contributed by atoms with Crippen molar-refractivity contribution >= 4 is 17.5 Å². The molecule has 2 amide bonds. The van der Waals surface area contributed by atoms with Gasteiger partial charge in [0, 0.05) is 37.9 Å². The molecule has 10 heteroatoms. The van der Waals surface area contributed by atoms with E-state index in [1.807, 2.05) is 0 Å². The maximum atomic E-state index is 13.9. The van der Waals surface area contributed by atoms with E-state index >= 15 is 0 Å². The fourth-order valence-electron chi connectivity index (χ4n) is 3.60. The summed E-state index contributed by atoms with van der Waals surface area (Å²) in [5, 5.41) is 11.4. The zero-order valence-electron chi connectivity index (χ0n) is 17.3. The molecule has 1 unspecified atom stereocenters. The average Bonchev–Trinajstić information content (AvgIpc) is 2.78.